The number of hydrogen-bond acceptors (Lipinski definition) is 7. The molecule has 0 aliphatic carbocycles. The molecule has 2 aromatic rings. The number of sulfone groups is 1. The summed E-state index contributed by atoms with van der Waals surface area (Å²) in [6, 6.07) is -0.0320. The molecule has 0 saturated carbocycles. The highest BCUT2D eigenvalue weighted by atomic mass is 32.2. The summed E-state index contributed by atoms with van der Waals surface area (Å²) in [4.78, 5) is 25.8. The molecule has 12 heteroatoms. The van der Waals surface area contributed by atoms with Gasteiger partial charge in [-0.25, -0.2) is 8.42 Å². The molecule has 0 spiro atoms. The van der Waals surface area contributed by atoms with Crippen molar-refractivity contribution in [1.29, 1.82) is 0 Å². The lowest BCUT2D eigenvalue weighted by atomic mass is 10.0. The first-order valence-corrected chi connectivity index (χ1v) is 14.9. The third kappa shape index (κ3) is 3.83. The molecular formula is C20H27N5O4S3. The van der Waals surface area contributed by atoms with Gasteiger partial charge in [-0.3, -0.25) is 24.1 Å². The van der Waals surface area contributed by atoms with Crippen molar-refractivity contribution in [1.82, 2.24) is 19.6 Å². The summed E-state index contributed by atoms with van der Waals surface area (Å²) < 4.78 is 27.7. The number of aryl methyl sites for hydroxylation is 1. The van der Waals surface area contributed by atoms with Gasteiger partial charge in [-0.15, -0.1) is 11.8 Å². The number of rotatable bonds is 3. The fourth-order valence-corrected chi connectivity index (χ4v) is 9.12. The molecule has 2 fully saturated rings. The SMILES string of the molecule is Cc1nn(C2CCS(=O)(=O)C2)c(C)c1C1SCC(=O)Nc2c1c(=O)[nH]n2C1CCSCC1. The topological polar surface area (TPSA) is 119 Å². The fourth-order valence-electron chi connectivity index (χ4n) is 5.07. The number of carbonyl (C=O) groups excluding carboxylic acids is 1. The van der Waals surface area contributed by atoms with Crippen molar-refractivity contribution in [2.24, 2.45) is 0 Å². The van der Waals surface area contributed by atoms with Crippen molar-refractivity contribution >= 4 is 45.1 Å². The Bertz CT molecular complexity index is 1220. The van der Waals surface area contributed by atoms with Crippen LogP contribution in [0.25, 0.3) is 0 Å². The van der Waals surface area contributed by atoms with Gasteiger partial charge in [-0.1, -0.05) is 0 Å². The Morgan fingerprint density at radius 2 is 1.81 bits per heavy atom. The van der Waals surface area contributed by atoms with Crippen LogP contribution in [0, 0.1) is 13.8 Å². The van der Waals surface area contributed by atoms with Crippen molar-refractivity contribution in [3.05, 3.63) is 32.9 Å². The summed E-state index contributed by atoms with van der Waals surface area (Å²) in [6.07, 6.45) is 2.44. The Balaban J connectivity index is 1.59. The van der Waals surface area contributed by atoms with E-state index in [1.165, 1.54) is 11.8 Å². The van der Waals surface area contributed by atoms with Crippen LogP contribution in [0.2, 0.25) is 0 Å². The molecule has 0 aromatic carbocycles. The highest BCUT2D eigenvalue weighted by Gasteiger charge is 2.37. The van der Waals surface area contributed by atoms with Crippen LogP contribution in [0.1, 0.15) is 59.1 Å². The van der Waals surface area contributed by atoms with Crippen LogP contribution in [0.5, 0.6) is 0 Å². The van der Waals surface area contributed by atoms with Gasteiger partial charge in [0.15, 0.2) is 9.84 Å². The molecular weight excluding hydrogens is 470 g/mol. The number of nitrogens with one attached hydrogen (secondary N) is 2. The monoisotopic (exact) mass is 497 g/mol. The Kier molecular flexibility index (Phi) is 5.73. The minimum atomic E-state index is -3.05. The molecule has 0 radical (unpaired) electrons. The predicted molar refractivity (Wildman–Crippen MR) is 128 cm³/mol. The van der Waals surface area contributed by atoms with Crippen LogP contribution in [-0.4, -0.2) is 62.7 Å². The van der Waals surface area contributed by atoms with E-state index in [-0.39, 0.29) is 46.1 Å². The number of anilines is 1. The predicted octanol–water partition coefficient (Wildman–Crippen LogP) is 2.19. The third-order valence-electron chi connectivity index (χ3n) is 6.62. The standard InChI is InChI=1S/C20H27N5O4S3/c1-11-16(12(2)24(22-11)14-5-8-32(28,29)10-14)18-17-19(21-15(26)9-31-18)25(23-20(17)27)13-3-6-30-7-4-13/h13-14,18H,3-10H2,1-2H3,(H,21,26)(H,23,27). The van der Waals surface area contributed by atoms with Gasteiger partial charge in [0.05, 0.1) is 45.8 Å². The first-order chi connectivity index (χ1) is 15.2. The van der Waals surface area contributed by atoms with Crippen molar-refractivity contribution < 1.29 is 13.2 Å². The molecule has 2 N–H and O–H groups in total. The second-order valence-electron chi connectivity index (χ2n) is 8.74. The van der Waals surface area contributed by atoms with E-state index in [9.17, 15) is 18.0 Å². The fraction of sp³-hybridized carbons (Fsp3) is 0.650. The summed E-state index contributed by atoms with van der Waals surface area (Å²) in [7, 11) is -3.05. The van der Waals surface area contributed by atoms with Crippen molar-refractivity contribution in [2.75, 3.05) is 34.1 Å². The van der Waals surface area contributed by atoms with Crippen LogP contribution in [0.4, 0.5) is 5.82 Å². The van der Waals surface area contributed by atoms with E-state index in [4.69, 9.17) is 5.10 Å². The molecule has 5 heterocycles. The largest absolute Gasteiger partial charge is 0.310 e. The van der Waals surface area contributed by atoms with Crippen LogP contribution < -0.4 is 10.9 Å². The molecule has 2 aromatic heterocycles. The maximum atomic E-state index is 13.2. The lowest BCUT2D eigenvalue weighted by molar-refractivity contribution is -0.113. The molecule has 3 aliphatic rings. The van der Waals surface area contributed by atoms with E-state index >= 15 is 0 Å². The molecule has 0 bridgehead atoms. The molecule has 5 rings (SSSR count). The Morgan fingerprint density at radius 1 is 1.06 bits per heavy atom. The van der Waals surface area contributed by atoms with Gasteiger partial charge in [-0.2, -0.15) is 16.9 Å². The third-order valence-corrected chi connectivity index (χ3v) is 10.6. The summed E-state index contributed by atoms with van der Waals surface area (Å²) in [6.45, 7) is 3.83. The maximum Gasteiger partial charge on any atom is 0.270 e. The number of carbonyl (C=O) groups is 1. The Hall–Kier alpha value is -1.66. The number of H-pyrrole nitrogens is 1. The molecule has 1 amide bonds. The minimum Gasteiger partial charge on any atom is -0.310 e. The molecule has 32 heavy (non-hydrogen) atoms. The smallest absolute Gasteiger partial charge is 0.270 e. The highest BCUT2D eigenvalue weighted by Crippen LogP contribution is 2.44. The van der Waals surface area contributed by atoms with Gasteiger partial charge in [-0.05, 0) is 44.6 Å². The second kappa shape index (κ2) is 8.28. The maximum absolute atomic E-state index is 13.2. The normalized spacial score (nSPS) is 26.0. The number of amides is 1. The molecule has 3 aliphatic heterocycles. The van der Waals surface area contributed by atoms with Crippen LogP contribution in [0.3, 0.4) is 0 Å². The van der Waals surface area contributed by atoms with Gasteiger partial charge in [0.25, 0.3) is 5.56 Å². The van der Waals surface area contributed by atoms with Gasteiger partial charge >= 0.3 is 0 Å². The molecule has 2 unspecified atom stereocenters. The number of aromatic amines is 1. The van der Waals surface area contributed by atoms with E-state index in [0.717, 1.165) is 41.3 Å². The molecule has 2 atom stereocenters. The summed E-state index contributed by atoms with van der Waals surface area (Å²) >= 11 is 3.33. The van der Waals surface area contributed by atoms with Crippen LogP contribution >= 0.6 is 23.5 Å². The van der Waals surface area contributed by atoms with E-state index in [1.807, 2.05) is 35.0 Å². The van der Waals surface area contributed by atoms with E-state index in [0.29, 0.717) is 17.8 Å². The molecule has 174 valence electrons. The van der Waals surface area contributed by atoms with Gasteiger partial charge in [0.1, 0.15) is 5.82 Å². The molecule has 2 saturated heterocycles. The van der Waals surface area contributed by atoms with E-state index in [1.54, 1.807) is 0 Å². The Morgan fingerprint density at radius 3 is 2.50 bits per heavy atom. The van der Waals surface area contributed by atoms with Crippen molar-refractivity contribution in [3.8, 4) is 0 Å². The lowest BCUT2D eigenvalue weighted by Gasteiger charge is -2.24. The van der Waals surface area contributed by atoms with E-state index < -0.39 is 9.84 Å². The average molecular weight is 498 g/mol. The zero-order valence-electron chi connectivity index (χ0n) is 18.1. The number of aromatic nitrogens is 4. The summed E-state index contributed by atoms with van der Waals surface area (Å²) in [5.74, 6) is 3.01. The van der Waals surface area contributed by atoms with Gasteiger partial charge in [0, 0.05) is 11.3 Å². The number of fused-ring (bicyclic) bond motifs is 1. The lowest BCUT2D eigenvalue weighted by Crippen LogP contribution is -2.22. The highest BCUT2D eigenvalue weighted by molar-refractivity contribution is 8.00. The van der Waals surface area contributed by atoms with Crippen molar-refractivity contribution in [3.63, 3.8) is 0 Å². The number of nitrogens with zero attached hydrogens (tertiary/aromatic N) is 3. The van der Waals surface area contributed by atoms with E-state index in [2.05, 4.69) is 10.4 Å². The average Bonchev–Trinajstić information content (AvgIpc) is 3.33. The minimum absolute atomic E-state index is 0.0914. The van der Waals surface area contributed by atoms with Gasteiger partial charge in [0.2, 0.25) is 5.91 Å². The first kappa shape index (κ1) is 22.1. The summed E-state index contributed by atoms with van der Waals surface area (Å²) in [5.41, 5.74) is 2.91. The number of hydrogen-bond donors (Lipinski definition) is 2. The molecule has 9 nitrogen and oxygen atoms in total. The van der Waals surface area contributed by atoms with Crippen LogP contribution in [0.15, 0.2) is 4.79 Å². The quantitative estimate of drug-likeness (QED) is 0.667. The van der Waals surface area contributed by atoms with Crippen LogP contribution in [-0.2, 0) is 14.6 Å². The first-order valence-electron chi connectivity index (χ1n) is 10.8. The zero-order valence-corrected chi connectivity index (χ0v) is 20.5. The Labute approximate surface area is 195 Å². The number of thioether (sulfide) groups is 2. The second-order valence-corrected chi connectivity index (χ2v) is 13.3. The van der Waals surface area contributed by atoms with Crippen molar-refractivity contribution in [2.45, 2.75) is 50.4 Å². The summed E-state index contributed by atoms with van der Waals surface area (Å²) in [5, 5.41) is 10.3. The zero-order chi connectivity index (χ0) is 22.6. The van der Waals surface area contributed by atoms with Gasteiger partial charge < -0.3 is 5.32 Å².